The number of carbonyl (C=O) groups is 2. The van der Waals surface area contributed by atoms with Gasteiger partial charge in [-0.3, -0.25) is 4.79 Å². The van der Waals surface area contributed by atoms with Gasteiger partial charge in [0, 0.05) is 13.1 Å². The maximum atomic E-state index is 12.3. The minimum Gasteiger partial charge on any atom is -0.375 e. The van der Waals surface area contributed by atoms with Crippen LogP contribution in [0.15, 0.2) is 13.2 Å². The molecule has 0 aromatic rings. The van der Waals surface area contributed by atoms with E-state index in [-0.39, 0.29) is 17.3 Å². The summed E-state index contributed by atoms with van der Waals surface area (Å²) in [5.74, 6) is 4.54. The zero-order valence-electron chi connectivity index (χ0n) is 20.4. The van der Waals surface area contributed by atoms with Gasteiger partial charge in [-0.25, -0.2) is 0 Å². The van der Waals surface area contributed by atoms with Crippen LogP contribution in [0.5, 0.6) is 0 Å². The monoisotopic (exact) mass is 409 g/mol. The van der Waals surface area contributed by atoms with Crippen LogP contribution in [-0.4, -0.2) is 41.9 Å². The van der Waals surface area contributed by atoms with Gasteiger partial charge in [0.25, 0.3) is 0 Å². The topological polar surface area (TPSA) is 46.6 Å². The number of amides is 1. The van der Waals surface area contributed by atoms with Crippen LogP contribution in [0, 0.1) is 29.6 Å². The quantitative estimate of drug-likeness (QED) is 0.524. The predicted molar refractivity (Wildman–Crippen MR) is 123 cm³/mol. The van der Waals surface area contributed by atoms with Crippen molar-refractivity contribution in [3.8, 4) is 0 Å². The maximum Gasteiger partial charge on any atom is 0.224 e. The number of hydrogen-bond donors (Lipinski definition) is 0. The normalized spacial score (nSPS) is 24.2. The highest BCUT2D eigenvalue weighted by molar-refractivity contribution is 5.77. The van der Waals surface area contributed by atoms with Gasteiger partial charge in [-0.2, -0.15) is 0 Å². The second-order valence-corrected chi connectivity index (χ2v) is 10.2. The van der Waals surface area contributed by atoms with Crippen LogP contribution in [0.3, 0.4) is 0 Å². The van der Waals surface area contributed by atoms with E-state index in [1.165, 1.54) is 33.1 Å². The largest absolute Gasteiger partial charge is 0.375 e. The van der Waals surface area contributed by atoms with Crippen LogP contribution in [0.2, 0.25) is 0 Å². The third kappa shape index (κ3) is 11.0. The molecule has 1 aliphatic heterocycles. The molecule has 0 N–H and O–H groups in total. The van der Waals surface area contributed by atoms with Crippen LogP contribution in [0.1, 0.15) is 81.1 Å². The number of nitrogens with zero attached hydrogens (tertiary/aromatic N) is 1. The Morgan fingerprint density at radius 2 is 1.62 bits per heavy atom. The van der Waals surface area contributed by atoms with Gasteiger partial charge < -0.3 is 14.4 Å². The average Bonchev–Trinajstić information content (AvgIpc) is 2.87. The van der Waals surface area contributed by atoms with Crippen LogP contribution >= 0.6 is 0 Å². The first-order chi connectivity index (χ1) is 13.4. The van der Waals surface area contributed by atoms with Crippen LogP contribution < -0.4 is 0 Å². The SMILES string of the molecule is C=C.CC(C)=O.CC(C)CC1CCC(C)C1C1CN(C(=O)CCOC(C)(C)C)C1. The molecule has 4 heteroatoms. The number of rotatable bonds is 6. The van der Waals surface area contributed by atoms with E-state index >= 15 is 0 Å². The molecule has 0 aromatic carbocycles. The highest BCUT2D eigenvalue weighted by Gasteiger charge is 2.44. The highest BCUT2D eigenvalue weighted by Crippen LogP contribution is 2.46. The summed E-state index contributed by atoms with van der Waals surface area (Å²) in [7, 11) is 0. The lowest BCUT2D eigenvalue weighted by Gasteiger charge is -2.46. The summed E-state index contributed by atoms with van der Waals surface area (Å²) in [6.45, 7) is 24.8. The Kier molecular flexibility index (Phi) is 12.7. The second-order valence-electron chi connectivity index (χ2n) is 10.2. The second kappa shape index (κ2) is 13.2. The molecular formula is C25H47NO3. The molecule has 3 unspecified atom stereocenters. The first kappa shape index (κ1) is 27.8. The number of Topliss-reactive ketones (excluding diaryl/α,β-unsaturated/α-hetero) is 1. The van der Waals surface area contributed by atoms with Crippen molar-refractivity contribution < 1.29 is 14.3 Å². The van der Waals surface area contributed by atoms with E-state index in [0.717, 1.165) is 42.7 Å². The van der Waals surface area contributed by atoms with Gasteiger partial charge in [0.15, 0.2) is 0 Å². The van der Waals surface area contributed by atoms with Gasteiger partial charge in [0.05, 0.1) is 18.6 Å². The maximum absolute atomic E-state index is 12.3. The van der Waals surface area contributed by atoms with E-state index in [1.54, 1.807) is 0 Å². The zero-order chi connectivity index (χ0) is 22.8. The molecular weight excluding hydrogens is 362 g/mol. The molecule has 3 atom stereocenters. The molecule has 29 heavy (non-hydrogen) atoms. The fourth-order valence-corrected chi connectivity index (χ4v) is 4.62. The number of carbonyl (C=O) groups excluding carboxylic acids is 2. The molecule has 2 rings (SSSR count). The fourth-order valence-electron chi connectivity index (χ4n) is 4.62. The number of ketones is 1. The molecule has 1 saturated heterocycles. The standard InChI is InChI=1S/C20H37NO2.C3H6O.C2H4/c1-14(2)11-16-8-7-15(3)19(16)17-12-21(13-17)18(22)9-10-23-20(4,5)6;1-3(2)4;1-2/h14-17,19H,7-13H2,1-6H3;1-2H3;1-2H2. The fraction of sp³-hybridized carbons (Fsp3) is 0.840. The summed E-state index contributed by atoms with van der Waals surface area (Å²) in [6, 6.07) is 0. The molecule has 1 aliphatic carbocycles. The van der Waals surface area contributed by atoms with Crippen LogP contribution in [0.25, 0.3) is 0 Å². The molecule has 2 aliphatic rings. The van der Waals surface area contributed by atoms with Crippen molar-refractivity contribution in [1.29, 1.82) is 0 Å². The zero-order valence-corrected chi connectivity index (χ0v) is 20.4. The first-order valence-corrected chi connectivity index (χ1v) is 11.3. The minimum absolute atomic E-state index is 0.152. The molecule has 0 spiro atoms. The minimum atomic E-state index is -0.152. The molecule has 0 radical (unpaired) electrons. The molecule has 2 fully saturated rings. The molecule has 0 aromatic heterocycles. The Balaban J connectivity index is 0.00000116. The van der Waals surface area contributed by atoms with E-state index in [4.69, 9.17) is 4.74 Å². The van der Waals surface area contributed by atoms with Crippen molar-refractivity contribution in [3.63, 3.8) is 0 Å². The summed E-state index contributed by atoms with van der Waals surface area (Å²) in [5, 5.41) is 0. The van der Waals surface area contributed by atoms with Crippen molar-refractivity contribution in [2.24, 2.45) is 29.6 Å². The number of likely N-dealkylation sites (tertiary alicyclic amines) is 1. The van der Waals surface area contributed by atoms with Crippen molar-refractivity contribution in [2.45, 2.75) is 86.7 Å². The van der Waals surface area contributed by atoms with E-state index in [1.807, 2.05) is 25.7 Å². The molecule has 0 bridgehead atoms. The summed E-state index contributed by atoms with van der Waals surface area (Å²) in [5.41, 5.74) is -0.152. The van der Waals surface area contributed by atoms with E-state index in [9.17, 15) is 9.59 Å². The van der Waals surface area contributed by atoms with Crippen molar-refractivity contribution >= 4 is 11.7 Å². The third-order valence-corrected chi connectivity index (χ3v) is 5.63. The summed E-state index contributed by atoms with van der Waals surface area (Å²) in [6.07, 6.45) is 4.66. The Bertz CT molecular complexity index is 485. The van der Waals surface area contributed by atoms with Gasteiger partial charge in [0.1, 0.15) is 5.78 Å². The Hall–Kier alpha value is -1.16. The van der Waals surface area contributed by atoms with E-state index < -0.39 is 0 Å². The number of hydrogen-bond acceptors (Lipinski definition) is 3. The van der Waals surface area contributed by atoms with Gasteiger partial charge in [-0.05, 0) is 77.0 Å². The van der Waals surface area contributed by atoms with Crippen molar-refractivity contribution in [2.75, 3.05) is 19.7 Å². The van der Waals surface area contributed by atoms with Gasteiger partial charge in [-0.1, -0.05) is 27.2 Å². The molecule has 1 heterocycles. The molecule has 1 saturated carbocycles. The summed E-state index contributed by atoms with van der Waals surface area (Å²) >= 11 is 0. The molecule has 4 nitrogen and oxygen atoms in total. The lowest BCUT2D eigenvalue weighted by atomic mass is 9.73. The Morgan fingerprint density at radius 3 is 2.07 bits per heavy atom. The lowest BCUT2D eigenvalue weighted by Crippen LogP contribution is -2.54. The van der Waals surface area contributed by atoms with Crippen molar-refractivity contribution in [1.82, 2.24) is 4.90 Å². The van der Waals surface area contributed by atoms with Crippen molar-refractivity contribution in [3.05, 3.63) is 13.2 Å². The van der Waals surface area contributed by atoms with Gasteiger partial charge in [-0.15, -0.1) is 13.2 Å². The van der Waals surface area contributed by atoms with Gasteiger partial charge in [0.2, 0.25) is 5.91 Å². The Labute approximate surface area is 180 Å². The molecule has 170 valence electrons. The Morgan fingerprint density at radius 1 is 1.10 bits per heavy atom. The summed E-state index contributed by atoms with van der Waals surface area (Å²) in [4.78, 5) is 23.8. The van der Waals surface area contributed by atoms with Crippen LogP contribution in [-0.2, 0) is 14.3 Å². The van der Waals surface area contributed by atoms with Gasteiger partial charge >= 0.3 is 0 Å². The van der Waals surface area contributed by atoms with Crippen LogP contribution in [0.4, 0.5) is 0 Å². The third-order valence-electron chi connectivity index (χ3n) is 5.63. The number of ether oxygens (including phenoxy) is 1. The smallest absolute Gasteiger partial charge is 0.224 e. The predicted octanol–water partition coefficient (Wildman–Crippen LogP) is 5.76. The highest BCUT2D eigenvalue weighted by atomic mass is 16.5. The van der Waals surface area contributed by atoms with E-state index in [2.05, 4.69) is 33.9 Å². The van der Waals surface area contributed by atoms with E-state index in [0.29, 0.717) is 13.0 Å². The summed E-state index contributed by atoms with van der Waals surface area (Å²) < 4.78 is 5.68. The first-order valence-electron chi connectivity index (χ1n) is 11.3. The molecule has 1 amide bonds. The average molecular weight is 410 g/mol. The lowest BCUT2D eigenvalue weighted by molar-refractivity contribution is -0.142.